The second-order valence-corrected chi connectivity index (χ2v) is 7.92. The number of carbonyl (C=O) groups is 1. The van der Waals surface area contributed by atoms with E-state index in [9.17, 15) is 14.7 Å². The molecule has 2 heterocycles. The summed E-state index contributed by atoms with van der Waals surface area (Å²) in [6.07, 6.45) is 4.66. The quantitative estimate of drug-likeness (QED) is 0.722. The van der Waals surface area contributed by atoms with Gasteiger partial charge in [0.15, 0.2) is 0 Å². The van der Waals surface area contributed by atoms with Crippen LogP contribution in [0.2, 0.25) is 0 Å². The van der Waals surface area contributed by atoms with Gasteiger partial charge in [0.1, 0.15) is 11.9 Å². The number of nitrogens with one attached hydrogen (secondary N) is 1. The second-order valence-electron chi connectivity index (χ2n) is 7.92. The van der Waals surface area contributed by atoms with Crippen LogP contribution >= 0.6 is 0 Å². The van der Waals surface area contributed by atoms with Crippen LogP contribution in [-0.4, -0.2) is 51.1 Å². The molecule has 1 saturated heterocycles. The molecular formula is C18H26N4O3. The van der Waals surface area contributed by atoms with Gasteiger partial charge in [0.2, 0.25) is 5.91 Å². The van der Waals surface area contributed by atoms with Crippen molar-refractivity contribution in [3.8, 4) is 0 Å². The van der Waals surface area contributed by atoms with Gasteiger partial charge in [0.25, 0.3) is 5.56 Å². The maximum atomic E-state index is 12.4. The maximum Gasteiger partial charge on any atom is 0.254 e. The number of hydrogen-bond donors (Lipinski definition) is 3. The Labute approximate surface area is 146 Å². The van der Waals surface area contributed by atoms with Crippen molar-refractivity contribution in [2.24, 2.45) is 5.73 Å². The zero-order valence-corrected chi connectivity index (χ0v) is 14.6. The zero-order chi connectivity index (χ0) is 17.8. The molecule has 1 aliphatic heterocycles. The van der Waals surface area contributed by atoms with Crippen LogP contribution in [-0.2, 0) is 16.6 Å². The molecule has 2 fully saturated rings. The van der Waals surface area contributed by atoms with E-state index in [0.717, 1.165) is 55.6 Å². The highest BCUT2D eigenvalue weighted by Crippen LogP contribution is 2.46. The van der Waals surface area contributed by atoms with Crippen LogP contribution in [0.3, 0.4) is 0 Å². The average Bonchev–Trinajstić information content (AvgIpc) is 3.39. The van der Waals surface area contributed by atoms with Crippen molar-refractivity contribution in [1.29, 1.82) is 0 Å². The normalized spacial score (nSPS) is 24.2. The van der Waals surface area contributed by atoms with E-state index in [0.29, 0.717) is 19.0 Å². The SMILES string of the molecule is C[C@H](O)[C@@H](N)C(=O)N1CCC2(CCc3c2nc(C2CC2)[nH]c3=O)CC1. The molecule has 7 nitrogen and oxygen atoms in total. The fraction of sp³-hybridized carbons (Fsp3) is 0.722. The van der Waals surface area contributed by atoms with E-state index in [-0.39, 0.29) is 16.9 Å². The molecule has 4 rings (SSSR count). The van der Waals surface area contributed by atoms with Gasteiger partial charge >= 0.3 is 0 Å². The van der Waals surface area contributed by atoms with E-state index in [1.54, 1.807) is 4.90 Å². The molecule has 7 heteroatoms. The molecule has 25 heavy (non-hydrogen) atoms. The van der Waals surface area contributed by atoms with E-state index < -0.39 is 12.1 Å². The minimum atomic E-state index is -0.868. The molecule has 0 aromatic carbocycles. The van der Waals surface area contributed by atoms with Gasteiger partial charge in [-0.15, -0.1) is 0 Å². The Hall–Kier alpha value is -1.73. The largest absolute Gasteiger partial charge is 0.391 e. The Morgan fingerprint density at radius 3 is 2.64 bits per heavy atom. The van der Waals surface area contributed by atoms with E-state index >= 15 is 0 Å². The van der Waals surface area contributed by atoms with E-state index in [1.165, 1.54) is 6.92 Å². The standard InChI is InChI=1S/C18H26N4O3/c1-10(23)13(19)17(25)22-8-6-18(7-9-22)5-4-12-14(18)20-15(11-2-3-11)21-16(12)24/h10-11,13,23H,2-9,19H2,1H3,(H,20,21,24)/t10-,13+/m0/s1. The van der Waals surface area contributed by atoms with Crippen LogP contribution in [0.25, 0.3) is 0 Å². The highest BCUT2D eigenvalue weighted by molar-refractivity contribution is 5.82. The first-order valence-electron chi connectivity index (χ1n) is 9.27. The summed E-state index contributed by atoms with van der Waals surface area (Å²) in [4.78, 5) is 34.4. The molecule has 0 bridgehead atoms. The average molecular weight is 346 g/mol. The van der Waals surface area contributed by atoms with Gasteiger partial charge in [0, 0.05) is 30.0 Å². The number of nitrogens with two attached hydrogens (primary N) is 1. The van der Waals surface area contributed by atoms with Crippen LogP contribution < -0.4 is 11.3 Å². The van der Waals surface area contributed by atoms with Crippen molar-refractivity contribution >= 4 is 5.91 Å². The summed E-state index contributed by atoms with van der Waals surface area (Å²) in [5, 5.41) is 9.56. The summed E-state index contributed by atoms with van der Waals surface area (Å²) in [7, 11) is 0. The third kappa shape index (κ3) is 2.79. The summed E-state index contributed by atoms with van der Waals surface area (Å²) in [5.74, 6) is 1.07. The second kappa shape index (κ2) is 5.92. The molecule has 2 aliphatic carbocycles. The molecule has 3 aliphatic rings. The lowest BCUT2D eigenvalue weighted by Crippen LogP contribution is -2.53. The number of aromatic nitrogens is 2. The Bertz CT molecular complexity index is 745. The molecule has 1 amide bonds. The Balaban J connectivity index is 1.55. The number of carbonyl (C=O) groups excluding carboxylic acids is 1. The smallest absolute Gasteiger partial charge is 0.254 e. The lowest BCUT2D eigenvalue weighted by molar-refractivity contribution is -0.136. The highest BCUT2D eigenvalue weighted by Gasteiger charge is 2.45. The third-order valence-electron chi connectivity index (χ3n) is 6.19. The monoisotopic (exact) mass is 346 g/mol. The van der Waals surface area contributed by atoms with Crippen molar-refractivity contribution in [2.75, 3.05) is 13.1 Å². The van der Waals surface area contributed by atoms with Crippen LogP contribution in [0.15, 0.2) is 4.79 Å². The lowest BCUT2D eigenvalue weighted by atomic mass is 9.76. The van der Waals surface area contributed by atoms with Gasteiger partial charge in [-0.05, 0) is 45.4 Å². The minimum Gasteiger partial charge on any atom is -0.391 e. The van der Waals surface area contributed by atoms with Gasteiger partial charge in [-0.1, -0.05) is 0 Å². The fourth-order valence-corrected chi connectivity index (χ4v) is 4.28. The highest BCUT2D eigenvalue weighted by atomic mass is 16.3. The lowest BCUT2D eigenvalue weighted by Gasteiger charge is -2.40. The van der Waals surface area contributed by atoms with Gasteiger partial charge in [-0.2, -0.15) is 0 Å². The van der Waals surface area contributed by atoms with Crippen LogP contribution in [0, 0.1) is 0 Å². The molecule has 136 valence electrons. The van der Waals surface area contributed by atoms with Gasteiger partial charge < -0.3 is 20.7 Å². The van der Waals surface area contributed by atoms with Crippen molar-refractivity contribution < 1.29 is 9.90 Å². The van der Waals surface area contributed by atoms with E-state index in [4.69, 9.17) is 10.7 Å². The first-order valence-corrected chi connectivity index (χ1v) is 9.27. The molecule has 2 atom stereocenters. The molecule has 0 unspecified atom stereocenters. The van der Waals surface area contributed by atoms with E-state index in [2.05, 4.69) is 4.98 Å². The van der Waals surface area contributed by atoms with E-state index in [1.807, 2.05) is 0 Å². The van der Waals surface area contributed by atoms with Crippen molar-refractivity contribution in [3.63, 3.8) is 0 Å². The van der Waals surface area contributed by atoms with Crippen LogP contribution in [0.1, 0.15) is 62.0 Å². The maximum absolute atomic E-state index is 12.4. The summed E-state index contributed by atoms with van der Waals surface area (Å²) >= 11 is 0. The predicted octanol–water partition coefficient (Wildman–Crippen LogP) is 0.162. The fourth-order valence-electron chi connectivity index (χ4n) is 4.28. The predicted molar refractivity (Wildman–Crippen MR) is 92.3 cm³/mol. The topological polar surface area (TPSA) is 112 Å². The molecule has 0 radical (unpaired) electrons. The summed E-state index contributed by atoms with van der Waals surface area (Å²) in [5.41, 5.74) is 7.55. The number of H-pyrrole nitrogens is 1. The third-order valence-corrected chi connectivity index (χ3v) is 6.19. The van der Waals surface area contributed by atoms with Gasteiger partial charge in [-0.3, -0.25) is 9.59 Å². The minimum absolute atomic E-state index is 0.0263. The Morgan fingerprint density at radius 2 is 2.04 bits per heavy atom. The van der Waals surface area contributed by atoms with Gasteiger partial charge in [0.05, 0.1) is 11.8 Å². The molecular weight excluding hydrogens is 320 g/mol. The first-order chi connectivity index (χ1) is 11.9. The van der Waals surface area contributed by atoms with Crippen LogP contribution in [0.4, 0.5) is 0 Å². The number of amides is 1. The molecule has 1 aromatic heterocycles. The zero-order valence-electron chi connectivity index (χ0n) is 14.6. The number of nitrogens with zero attached hydrogens (tertiary/aromatic N) is 2. The number of aromatic amines is 1. The van der Waals surface area contributed by atoms with Crippen molar-refractivity contribution in [1.82, 2.24) is 14.9 Å². The summed E-state index contributed by atoms with van der Waals surface area (Å²) in [6, 6.07) is -0.868. The first kappa shape index (κ1) is 16.7. The number of rotatable bonds is 3. The Morgan fingerprint density at radius 1 is 1.36 bits per heavy atom. The van der Waals surface area contributed by atoms with Crippen molar-refractivity contribution in [2.45, 2.75) is 68.9 Å². The summed E-state index contributed by atoms with van der Waals surface area (Å²) < 4.78 is 0. The molecule has 4 N–H and O–H groups in total. The Kier molecular flexibility index (Phi) is 3.96. The molecule has 1 spiro atoms. The van der Waals surface area contributed by atoms with Crippen molar-refractivity contribution in [3.05, 3.63) is 27.4 Å². The number of aliphatic hydroxyl groups is 1. The van der Waals surface area contributed by atoms with Crippen LogP contribution in [0.5, 0.6) is 0 Å². The number of aliphatic hydroxyl groups excluding tert-OH is 1. The summed E-state index contributed by atoms with van der Waals surface area (Å²) in [6.45, 7) is 2.74. The number of fused-ring (bicyclic) bond motifs is 2. The number of piperidine rings is 1. The number of likely N-dealkylation sites (tertiary alicyclic amines) is 1. The number of hydrogen-bond acceptors (Lipinski definition) is 5. The molecule has 1 aromatic rings. The molecule has 1 saturated carbocycles. The van der Waals surface area contributed by atoms with Gasteiger partial charge in [-0.25, -0.2) is 4.98 Å².